The van der Waals surface area contributed by atoms with Crippen LogP contribution in [-0.4, -0.2) is 32.7 Å². The van der Waals surface area contributed by atoms with Crippen LogP contribution in [0.25, 0.3) is 11.4 Å². The maximum absolute atomic E-state index is 13.0. The summed E-state index contributed by atoms with van der Waals surface area (Å²) in [4.78, 5) is 25.7. The van der Waals surface area contributed by atoms with Gasteiger partial charge in [-0.3, -0.25) is 4.98 Å². The standard InChI is InChI=1S/C25H26F3N5O2/c1-24(2,3)35-23(34)31-18-8-9-20-19(14-18)22(33-21(32-20)15-10-12-29-13-11-15)30-17-6-4-16(5-7-17)25(26,27)28/h4-7,10-13,18H,8-9,14H2,1-3H3,(H,31,34)(H,30,32,33)/t18-/m1/s1. The second-order valence-electron chi connectivity index (χ2n) is 9.34. The first-order chi connectivity index (χ1) is 16.5. The lowest BCUT2D eigenvalue weighted by atomic mass is 9.91. The minimum atomic E-state index is -4.42. The van der Waals surface area contributed by atoms with Gasteiger partial charge >= 0.3 is 12.3 Å². The van der Waals surface area contributed by atoms with E-state index in [2.05, 4.69) is 20.6 Å². The van der Waals surface area contributed by atoms with Crippen LogP contribution in [0.1, 0.15) is 44.0 Å². The maximum atomic E-state index is 13.0. The number of aryl methyl sites for hydroxylation is 1. The molecule has 0 unspecified atom stereocenters. The van der Waals surface area contributed by atoms with Crippen LogP contribution in [0.4, 0.5) is 29.5 Å². The summed E-state index contributed by atoms with van der Waals surface area (Å²) < 4.78 is 44.3. The lowest BCUT2D eigenvalue weighted by Crippen LogP contribution is -2.42. The van der Waals surface area contributed by atoms with Crippen molar-refractivity contribution < 1.29 is 22.7 Å². The first kappa shape index (κ1) is 24.4. The highest BCUT2D eigenvalue weighted by molar-refractivity contribution is 5.69. The van der Waals surface area contributed by atoms with Gasteiger partial charge in [-0.2, -0.15) is 13.2 Å². The van der Waals surface area contributed by atoms with Crippen molar-refractivity contribution in [1.82, 2.24) is 20.3 Å². The predicted octanol–water partition coefficient (Wildman–Crippen LogP) is 5.68. The van der Waals surface area contributed by atoms with Gasteiger partial charge in [-0.05, 0) is 76.4 Å². The quantitative estimate of drug-likeness (QED) is 0.494. The normalized spacial score (nSPS) is 15.8. The Morgan fingerprint density at radius 1 is 1.03 bits per heavy atom. The van der Waals surface area contributed by atoms with Gasteiger partial charge in [0, 0.05) is 40.9 Å². The molecule has 2 N–H and O–H groups in total. The molecule has 3 aromatic rings. The minimum Gasteiger partial charge on any atom is -0.444 e. The van der Waals surface area contributed by atoms with Crippen LogP contribution in [0.3, 0.4) is 0 Å². The fourth-order valence-corrected chi connectivity index (χ4v) is 3.82. The molecule has 0 radical (unpaired) electrons. The largest absolute Gasteiger partial charge is 0.444 e. The van der Waals surface area contributed by atoms with Crippen LogP contribution >= 0.6 is 0 Å². The number of nitrogens with zero attached hydrogens (tertiary/aromatic N) is 3. The van der Waals surface area contributed by atoms with Gasteiger partial charge < -0.3 is 15.4 Å². The number of halogens is 3. The molecular formula is C25H26F3N5O2. The van der Waals surface area contributed by atoms with Crippen LogP contribution in [0.15, 0.2) is 48.8 Å². The van der Waals surface area contributed by atoms with Crippen molar-refractivity contribution in [1.29, 1.82) is 0 Å². The molecule has 2 heterocycles. The third-order valence-electron chi connectivity index (χ3n) is 5.41. The number of carbonyl (C=O) groups is 1. The molecule has 1 aromatic carbocycles. The summed E-state index contributed by atoms with van der Waals surface area (Å²) in [6, 6.07) is 8.16. The van der Waals surface area contributed by atoms with E-state index in [0.29, 0.717) is 36.6 Å². The monoisotopic (exact) mass is 485 g/mol. The summed E-state index contributed by atoms with van der Waals surface area (Å²) in [6.45, 7) is 5.38. The second kappa shape index (κ2) is 9.52. The Labute approximate surface area is 201 Å². The third-order valence-corrected chi connectivity index (χ3v) is 5.41. The van der Waals surface area contributed by atoms with Crippen molar-refractivity contribution >= 4 is 17.6 Å². The summed E-state index contributed by atoms with van der Waals surface area (Å²) in [6.07, 6.45) is 0.0775. The van der Waals surface area contributed by atoms with Crippen LogP contribution in [0, 0.1) is 0 Å². The molecule has 0 saturated heterocycles. The summed E-state index contributed by atoms with van der Waals surface area (Å²) in [5.74, 6) is 0.969. The Morgan fingerprint density at radius 2 is 1.71 bits per heavy atom. The first-order valence-corrected chi connectivity index (χ1v) is 11.2. The SMILES string of the molecule is CC(C)(C)OC(=O)N[C@@H]1CCc2nc(-c3ccncc3)nc(Nc3ccc(C(F)(F)F)cc3)c2C1. The zero-order valence-electron chi connectivity index (χ0n) is 19.6. The molecule has 35 heavy (non-hydrogen) atoms. The van der Waals surface area contributed by atoms with Gasteiger partial charge in [0.1, 0.15) is 11.4 Å². The van der Waals surface area contributed by atoms with Gasteiger partial charge in [-0.15, -0.1) is 0 Å². The molecule has 1 atom stereocenters. The molecule has 4 rings (SSSR count). The van der Waals surface area contributed by atoms with Crippen molar-refractivity contribution in [2.24, 2.45) is 0 Å². The number of pyridine rings is 1. The molecular weight excluding hydrogens is 459 g/mol. The van der Waals surface area contributed by atoms with E-state index in [0.717, 1.165) is 29.0 Å². The molecule has 184 valence electrons. The minimum absolute atomic E-state index is 0.194. The fourth-order valence-electron chi connectivity index (χ4n) is 3.82. The number of fused-ring (bicyclic) bond motifs is 1. The van der Waals surface area contributed by atoms with Crippen molar-refractivity contribution in [3.63, 3.8) is 0 Å². The number of ether oxygens (including phenoxy) is 1. The lowest BCUT2D eigenvalue weighted by Gasteiger charge is -2.28. The molecule has 0 aliphatic heterocycles. The molecule has 7 nitrogen and oxygen atoms in total. The maximum Gasteiger partial charge on any atom is 0.416 e. The number of carbonyl (C=O) groups excluding carboxylic acids is 1. The number of anilines is 2. The number of nitrogens with one attached hydrogen (secondary N) is 2. The summed E-state index contributed by atoms with van der Waals surface area (Å²) >= 11 is 0. The molecule has 0 fully saturated rings. The van der Waals surface area contributed by atoms with Gasteiger partial charge in [0.25, 0.3) is 0 Å². The number of benzene rings is 1. The molecule has 10 heteroatoms. The molecule has 2 aromatic heterocycles. The number of hydrogen-bond donors (Lipinski definition) is 2. The number of alkyl carbamates (subject to hydrolysis) is 1. The smallest absolute Gasteiger partial charge is 0.416 e. The number of hydrogen-bond acceptors (Lipinski definition) is 6. The Kier molecular flexibility index (Phi) is 6.64. The van der Waals surface area contributed by atoms with E-state index in [1.165, 1.54) is 12.1 Å². The topological polar surface area (TPSA) is 89.0 Å². The average Bonchev–Trinajstić information content (AvgIpc) is 2.78. The van der Waals surface area contributed by atoms with Crippen LogP contribution < -0.4 is 10.6 Å². The van der Waals surface area contributed by atoms with Crippen LogP contribution in [0.5, 0.6) is 0 Å². The van der Waals surface area contributed by atoms with E-state index in [1.807, 2.05) is 0 Å². The molecule has 1 aliphatic rings. The van der Waals surface area contributed by atoms with E-state index >= 15 is 0 Å². The zero-order valence-corrected chi connectivity index (χ0v) is 19.6. The Hall–Kier alpha value is -3.69. The van der Waals surface area contributed by atoms with Gasteiger partial charge in [-0.25, -0.2) is 14.8 Å². The fraction of sp³-hybridized carbons (Fsp3) is 0.360. The van der Waals surface area contributed by atoms with E-state index < -0.39 is 23.4 Å². The Bertz CT molecular complexity index is 1190. The van der Waals surface area contributed by atoms with Gasteiger partial charge in [0.2, 0.25) is 0 Å². The first-order valence-electron chi connectivity index (χ1n) is 11.2. The van der Waals surface area contributed by atoms with E-state index in [1.54, 1.807) is 45.3 Å². The molecule has 0 bridgehead atoms. The van der Waals surface area contributed by atoms with E-state index in [-0.39, 0.29) is 6.04 Å². The number of alkyl halides is 3. The lowest BCUT2D eigenvalue weighted by molar-refractivity contribution is -0.137. The van der Waals surface area contributed by atoms with Gasteiger partial charge in [-0.1, -0.05) is 0 Å². The Morgan fingerprint density at radius 3 is 2.34 bits per heavy atom. The van der Waals surface area contributed by atoms with Crippen molar-refractivity contribution in [2.75, 3.05) is 5.32 Å². The van der Waals surface area contributed by atoms with Crippen LogP contribution in [-0.2, 0) is 23.8 Å². The predicted molar refractivity (Wildman–Crippen MR) is 125 cm³/mol. The third kappa shape index (κ3) is 6.26. The molecule has 0 saturated carbocycles. The highest BCUT2D eigenvalue weighted by Crippen LogP contribution is 2.33. The van der Waals surface area contributed by atoms with Crippen molar-refractivity contribution in [2.45, 2.75) is 57.9 Å². The molecule has 0 spiro atoms. The highest BCUT2D eigenvalue weighted by Gasteiger charge is 2.30. The molecule has 1 amide bonds. The van der Waals surface area contributed by atoms with Crippen molar-refractivity contribution in [3.05, 3.63) is 65.6 Å². The van der Waals surface area contributed by atoms with Gasteiger partial charge in [0.15, 0.2) is 5.82 Å². The average molecular weight is 486 g/mol. The van der Waals surface area contributed by atoms with E-state index in [4.69, 9.17) is 9.72 Å². The number of amides is 1. The summed E-state index contributed by atoms with van der Waals surface area (Å²) in [5.41, 5.74) is 1.51. The van der Waals surface area contributed by atoms with E-state index in [9.17, 15) is 18.0 Å². The highest BCUT2D eigenvalue weighted by atomic mass is 19.4. The van der Waals surface area contributed by atoms with Crippen molar-refractivity contribution in [3.8, 4) is 11.4 Å². The zero-order chi connectivity index (χ0) is 25.2. The summed E-state index contributed by atoms with van der Waals surface area (Å²) in [7, 11) is 0. The summed E-state index contributed by atoms with van der Waals surface area (Å²) in [5, 5.41) is 6.05. The number of rotatable bonds is 4. The Balaban J connectivity index is 1.64. The number of aromatic nitrogens is 3. The molecule has 1 aliphatic carbocycles. The second-order valence-corrected chi connectivity index (χ2v) is 9.34. The van der Waals surface area contributed by atoms with Gasteiger partial charge in [0.05, 0.1) is 5.56 Å². The van der Waals surface area contributed by atoms with Crippen LogP contribution in [0.2, 0.25) is 0 Å².